The SMILES string of the molecule is CC(=O)Nc1cccnc1-c1ccc(C(=O)NCCC2=CCCCC2)cc1. The summed E-state index contributed by atoms with van der Waals surface area (Å²) in [6.07, 6.45) is 9.78. The van der Waals surface area contributed by atoms with Gasteiger partial charge in [-0.25, -0.2) is 0 Å². The van der Waals surface area contributed by atoms with Gasteiger partial charge in [0.15, 0.2) is 0 Å². The number of rotatable bonds is 6. The van der Waals surface area contributed by atoms with E-state index >= 15 is 0 Å². The van der Waals surface area contributed by atoms with Crippen molar-refractivity contribution in [3.05, 3.63) is 59.8 Å². The second-order valence-corrected chi connectivity index (χ2v) is 6.77. The molecule has 1 heterocycles. The summed E-state index contributed by atoms with van der Waals surface area (Å²) >= 11 is 0. The van der Waals surface area contributed by atoms with Crippen molar-refractivity contribution < 1.29 is 9.59 Å². The van der Waals surface area contributed by atoms with Crippen LogP contribution in [0, 0.1) is 0 Å². The number of allylic oxidation sites excluding steroid dienone is 1. The Kier molecular flexibility index (Phi) is 6.36. The van der Waals surface area contributed by atoms with E-state index in [1.165, 1.54) is 31.8 Å². The van der Waals surface area contributed by atoms with Crippen molar-refractivity contribution in [2.75, 3.05) is 11.9 Å². The lowest BCUT2D eigenvalue weighted by atomic mass is 9.97. The standard InChI is InChI=1S/C22H25N3O2/c1-16(26)25-20-8-5-14-23-21(20)18-9-11-19(12-10-18)22(27)24-15-13-17-6-3-2-4-7-17/h5-6,8-12,14H,2-4,7,13,15H2,1H3,(H,24,27)(H,25,26). The largest absolute Gasteiger partial charge is 0.352 e. The van der Waals surface area contributed by atoms with Crippen molar-refractivity contribution in [2.45, 2.75) is 39.0 Å². The van der Waals surface area contributed by atoms with Gasteiger partial charge in [0.2, 0.25) is 5.91 Å². The Hall–Kier alpha value is -2.95. The molecule has 0 radical (unpaired) electrons. The summed E-state index contributed by atoms with van der Waals surface area (Å²) in [5.41, 5.74) is 4.26. The number of nitrogens with zero attached hydrogens (tertiary/aromatic N) is 1. The first-order valence-electron chi connectivity index (χ1n) is 9.42. The highest BCUT2D eigenvalue weighted by molar-refractivity contribution is 5.96. The first kappa shape index (κ1) is 18.8. The molecule has 0 atom stereocenters. The van der Waals surface area contributed by atoms with Crippen LogP contribution in [0.25, 0.3) is 11.3 Å². The van der Waals surface area contributed by atoms with E-state index in [1.54, 1.807) is 24.4 Å². The van der Waals surface area contributed by atoms with Gasteiger partial charge in [-0.2, -0.15) is 0 Å². The normalized spacial score (nSPS) is 13.6. The second-order valence-electron chi connectivity index (χ2n) is 6.77. The number of anilines is 1. The molecule has 140 valence electrons. The molecule has 0 fully saturated rings. The summed E-state index contributed by atoms with van der Waals surface area (Å²) < 4.78 is 0. The third-order valence-electron chi connectivity index (χ3n) is 4.66. The second kappa shape index (κ2) is 9.12. The van der Waals surface area contributed by atoms with Crippen LogP contribution in [0.3, 0.4) is 0 Å². The molecule has 27 heavy (non-hydrogen) atoms. The average Bonchev–Trinajstić information content (AvgIpc) is 2.69. The van der Waals surface area contributed by atoms with Crippen LogP contribution < -0.4 is 10.6 Å². The lowest BCUT2D eigenvalue weighted by Gasteiger charge is -2.13. The Morgan fingerprint density at radius 1 is 1.11 bits per heavy atom. The monoisotopic (exact) mass is 363 g/mol. The van der Waals surface area contributed by atoms with Crippen LogP contribution in [0.15, 0.2) is 54.2 Å². The summed E-state index contributed by atoms with van der Waals surface area (Å²) in [5.74, 6) is -0.214. The zero-order valence-electron chi connectivity index (χ0n) is 15.6. The van der Waals surface area contributed by atoms with Crippen molar-refractivity contribution in [1.82, 2.24) is 10.3 Å². The molecule has 1 aliphatic rings. The van der Waals surface area contributed by atoms with E-state index in [9.17, 15) is 9.59 Å². The lowest BCUT2D eigenvalue weighted by Crippen LogP contribution is -2.24. The molecule has 3 rings (SSSR count). The van der Waals surface area contributed by atoms with Crippen molar-refractivity contribution >= 4 is 17.5 Å². The number of pyridine rings is 1. The van der Waals surface area contributed by atoms with Crippen LogP contribution in [-0.4, -0.2) is 23.3 Å². The average molecular weight is 363 g/mol. The minimum Gasteiger partial charge on any atom is -0.352 e. The Morgan fingerprint density at radius 2 is 1.93 bits per heavy atom. The van der Waals surface area contributed by atoms with E-state index in [1.807, 2.05) is 18.2 Å². The summed E-state index contributed by atoms with van der Waals surface area (Å²) in [5, 5.41) is 5.77. The van der Waals surface area contributed by atoms with Crippen molar-refractivity contribution in [2.24, 2.45) is 0 Å². The molecule has 0 bridgehead atoms. The third kappa shape index (κ3) is 5.26. The predicted molar refractivity (Wildman–Crippen MR) is 107 cm³/mol. The number of nitrogens with one attached hydrogen (secondary N) is 2. The molecule has 5 nitrogen and oxygen atoms in total. The molecule has 2 N–H and O–H groups in total. The number of benzene rings is 1. The fraction of sp³-hybridized carbons (Fsp3) is 0.318. The maximum atomic E-state index is 12.3. The molecule has 2 amide bonds. The Balaban J connectivity index is 1.62. The zero-order valence-corrected chi connectivity index (χ0v) is 15.6. The van der Waals surface area contributed by atoms with Gasteiger partial charge in [-0.3, -0.25) is 14.6 Å². The smallest absolute Gasteiger partial charge is 0.251 e. The highest BCUT2D eigenvalue weighted by Gasteiger charge is 2.10. The van der Waals surface area contributed by atoms with E-state index in [-0.39, 0.29) is 11.8 Å². The molecule has 0 saturated heterocycles. The van der Waals surface area contributed by atoms with Gasteiger partial charge in [0.1, 0.15) is 0 Å². The molecule has 0 spiro atoms. The minimum atomic E-state index is -0.145. The number of hydrogen-bond donors (Lipinski definition) is 2. The van der Waals surface area contributed by atoms with E-state index in [0.29, 0.717) is 23.5 Å². The van der Waals surface area contributed by atoms with Gasteiger partial charge >= 0.3 is 0 Å². The lowest BCUT2D eigenvalue weighted by molar-refractivity contribution is -0.114. The molecule has 2 aromatic rings. The zero-order chi connectivity index (χ0) is 19.1. The molecule has 5 heteroatoms. The van der Waals surface area contributed by atoms with Gasteiger partial charge in [0.25, 0.3) is 5.91 Å². The third-order valence-corrected chi connectivity index (χ3v) is 4.66. The Morgan fingerprint density at radius 3 is 2.63 bits per heavy atom. The van der Waals surface area contributed by atoms with Gasteiger partial charge in [0.05, 0.1) is 11.4 Å². The summed E-state index contributed by atoms with van der Waals surface area (Å²) in [4.78, 5) is 28.1. The van der Waals surface area contributed by atoms with E-state index in [4.69, 9.17) is 0 Å². The minimum absolute atomic E-state index is 0.0685. The fourth-order valence-electron chi connectivity index (χ4n) is 3.28. The van der Waals surface area contributed by atoms with Gasteiger partial charge in [-0.15, -0.1) is 0 Å². The molecule has 0 aliphatic heterocycles. The number of aromatic nitrogens is 1. The van der Waals surface area contributed by atoms with Crippen LogP contribution in [-0.2, 0) is 4.79 Å². The van der Waals surface area contributed by atoms with Crippen LogP contribution in [0.4, 0.5) is 5.69 Å². The highest BCUT2D eigenvalue weighted by atomic mass is 16.2. The van der Waals surface area contributed by atoms with Gasteiger partial charge in [-0.1, -0.05) is 23.8 Å². The quantitative estimate of drug-likeness (QED) is 0.751. The molecule has 1 aliphatic carbocycles. The molecular weight excluding hydrogens is 338 g/mol. The van der Waals surface area contributed by atoms with Gasteiger partial charge in [0, 0.05) is 30.8 Å². The van der Waals surface area contributed by atoms with E-state index < -0.39 is 0 Å². The van der Waals surface area contributed by atoms with Crippen LogP contribution >= 0.6 is 0 Å². The Labute approximate surface area is 159 Å². The van der Waals surface area contributed by atoms with Crippen LogP contribution in [0.1, 0.15) is 49.4 Å². The molecule has 0 unspecified atom stereocenters. The van der Waals surface area contributed by atoms with E-state index in [2.05, 4.69) is 21.7 Å². The maximum Gasteiger partial charge on any atom is 0.251 e. The Bertz CT molecular complexity index is 841. The van der Waals surface area contributed by atoms with Gasteiger partial charge < -0.3 is 10.6 Å². The maximum absolute atomic E-state index is 12.3. The van der Waals surface area contributed by atoms with Crippen LogP contribution in [0.2, 0.25) is 0 Å². The summed E-state index contributed by atoms with van der Waals surface area (Å²) in [7, 11) is 0. The summed E-state index contributed by atoms with van der Waals surface area (Å²) in [6, 6.07) is 10.9. The number of carbonyl (C=O) groups is 2. The first-order chi connectivity index (χ1) is 13.1. The molecule has 1 aromatic heterocycles. The molecule has 1 aromatic carbocycles. The van der Waals surface area contributed by atoms with Crippen molar-refractivity contribution in [3.63, 3.8) is 0 Å². The summed E-state index contributed by atoms with van der Waals surface area (Å²) in [6.45, 7) is 2.13. The van der Waals surface area contributed by atoms with Crippen LogP contribution in [0.5, 0.6) is 0 Å². The fourth-order valence-corrected chi connectivity index (χ4v) is 3.28. The van der Waals surface area contributed by atoms with Crippen molar-refractivity contribution in [3.8, 4) is 11.3 Å². The van der Waals surface area contributed by atoms with Gasteiger partial charge in [-0.05, 0) is 56.4 Å². The number of carbonyl (C=O) groups excluding carboxylic acids is 2. The van der Waals surface area contributed by atoms with E-state index in [0.717, 1.165) is 18.4 Å². The number of hydrogen-bond acceptors (Lipinski definition) is 3. The molecule has 0 saturated carbocycles. The topological polar surface area (TPSA) is 71.1 Å². The highest BCUT2D eigenvalue weighted by Crippen LogP contribution is 2.25. The van der Waals surface area contributed by atoms with Crippen molar-refractivity contribution in [1.29, 1.82) is 0 Å². The predicted octanol–water partition coefficient (Wildman–Crippen LogP) is 4.33. The first-order valence-corrected chi connectivity index (χ1v) is 9.42. The molecular formula is C22H25N3O2. The number of amides is 2.